The Hall–Kier alpha value is -2.09. The van der Waals surface area contributed by atoms with Crippen molar-refractivity contribution in [1.29, 1.82) is 0 Å². The molecular weight excluding hydrogens is 380 g/mol. The van der Waals surface area contributed by atoms with E-state index in [0.717, 1.165) is 25.7 Å². The average Bonchev–Trinajstić information content (AvgIpc) is 2.85. The molecule has 1 aromatic rings. The number of anilines is 1. The number of esters is 1. The number of nitrogens with one attached hydrogen (secondary N) is 1. The van der Waals surface area contributed by atoms with E-state index in [1.807, 2.05) is 0 Å². The van der Waals surface area contributed by atoms with Crippen LogP contribution in [0.2, 0.25) is 0 Å². The highest BCUT2D eigenvalue weighted by molar-refractivity contribution is 7.93. The topological polar surface area (TPSA) is 92.8 Å². The van der Waals surface area contributed by atoms with Crippen molar-refractivity contribution in [3.8, 4) is 0 Å². The van der Waals surface area contributed by atoms with Crippen LogP contribution in [0.15, 0.2) is 24.3 Å². The third-order valence-electron chi connectivity index (χ3n) is 5.34. The predicted molar refractivity (Wildman–Crippen MR) is 107 cm³/mol. The Bertz CT molecular complexity index is 798. The summed E-state index contributed by atoms with van der Waals surface area (Å²) >= 11 is 0. The molecule has 2 aliphatic rings. The van der Waals surface area contributed by atoms with E-state index in [9.17, 15) is 18.0 Å². The van der Waals surface area contributed by atoms with Gasteiger partial charge in [0.05, 0.1) is 17.0 Å². The van der Waals surface area contributed by atoms with E-state index in [-0.39, 0.29) is 23.3 Å². The van der Waals surface area contributed by atoms with Gasteiger partial charge in [-0.15, -0.1) is 0 Å². The molecule has 8 heteroatoms. The van der Waals surface area contributed by atoms with E-state index in [2.05, 4.69) is 5.32 Å². The van der Waals surface area contributed by atoms with Crippen molar-refractivity contribution in [2.75, 3.05) is 16.6 Å². The molecule has 0 spiro atoms. The van der Waals surface area contributed by atoms with E-state index in [0.29, 0.717) is 18.7 Å². The molecule has 154 valence electrons. The summed E-state index contributed by atoms with van der Waals surface area (Å²) in [6, 6.07) is 6.40. The van der Waals surface area contributed by atoms with Crippen LogP contribution < -0.4 is 9.62 Å². The molecular formula is C20H28N2O5S. The summed E-state index contributed by atoms with van der Waals surface area (Å²) in [5.74, 6) is -0.732. The van der Waals surface area contributed by atoms with E-state index in [4.69, 9.17) is 4.74 Å². The van der Waals surface area contributed by atoms with E-state index in [1.54, 1.807) is 19.1 Å². The third-order valence-corrected chi connectivity index (χ3v) is 7.21. The lowest BCUT2D eigenvalue weighted by molar-refractivity contribution is -0.129. The molecule has 28 heavy (non-hydrogen) atoms. The number of nitrogens with zero attached hydrogens (tertiary/aromatic N) is 1. The lowest BCUT2D eigenvalue weighted by Crippen LogP contribution is -2.41. The quantitative estimate of drug-likeness (QED) is 0.597. The smallest absolute Gasteiger partial charge is 0.338 e. The minimum absolute atomic E-state index is 0.143. The Morgan fingerprint density at radius 1 is 1.07 bits per heavy atom. The molecule has 0 bridgehead atoms. The summed E-state index contributed by atoms with van der Waals surface area (Å²) in [6.45, 7) is 2.01. The number of hydrogen-bond acceptors (Lipinski definition) is 5. The molecule has 0 radical (unpaired) electrons. The van der Waals surface area contributed by atoms with Crippen LogP contribution in [-0.2, 0) is 19.6 Å². The first-order chi connectivity index (χ1) is 13.4. The average molecular weight is 409 g/mol. The molecule has 1 saturated heterocycles. The van der Waals surface area contributed by atoms with Crippen molar-refractivity contribution in [3.05, 3.63) is 29.8 Å². The van der Waals surface area contributed by atoms with Crippen LogP contribution in [0.25, 0.3) is 0 Å². The van der Waals surface area contributed by atoms with Gasteiger partial charge in [-0.25, -0.2) is 13.2 Å². The fourth-order valence-corrected chi connectivity index (χ4v) is 5.28. The second kappa shape index (κ2) is 8.94. The maximum atomic E-state index is 12.3. The lowest BCUT2D eigenvalue weighted by atomic mass is 10.1. The van der Waals surface area contributed by atoms with Gasteiger partial charge in [0, 0.05) is 12.6 Å². The van der Waals surface area contributed by atoms with Crippen molar-refractivity contribution in [2.24, 2.45) is 0 Å². The molecule has 7 nitrogen and oxygen atoms in total. The van der Waals surface area contributed by atoms with Crippen LogP contribution in [0.5, 0.6) is 0 Å². The molecule has 3 rings (SSSR count). The molecule has 1 aliphatic carbocycles. The highest BCUT2D eigenvalue weighted by Crippen LogP contribution is 2.24. The van der Waals surface area contributed by atoms with Gasteiger partial charge in [0.1, 0.15) is 0 Å². The van der Waals surface area contributed by atoms with E-state index >= 15 is 0 Å². The first kappa shape index (κ1) is 20.6. The molecule has 2 fully saturated rings. The van der Waals surface area contributed by atoms with Crippen LogP contribution in [-0.4, -0.2) is 44.7 Å². The molecule has 1 saturated carbocycles. The SMILES string of the molecule is CC(OC(=O)c1ccc(N2CCCS2(=O)=O)cc1)C(=O)NC1CCCCCC1. The van der Waals surface area contributed by atoms with Crippen molar-refractivity contribution in [3.63, 3.8) is 0 Å². The highest BCUT2D eigenvalue weighted by atomic mass is 32.2. The van der Waals surface area contributed by atoms with Crippen LogP contribution >= 0.6 is 0 Å². The summed E-state index contributed by atoms with van der Waals surface area (Å²) < 4.78 is 30.6. The fourth-order valence-electron chi connectivity index (χ4n) is 3.72. The molecule has 1 heterocycles. The zero-order chi connectivity index (χ0) is 20.1. The zero-order valence-corrected chi connectivity index (χ0v) is 17.0. The lowest BCUT2D eigenvalue weighted by Gasteiger charge is -2.20. The van der Waals surface area contributed by atoms with Crippen LogP contribution in [0, 0.1) is 0 Å². The summed E-state index contributed by atoms with van der Waals surface area (Å²) in [7, 11) is -3.26. The number of carbonyl (C=O) groups is 2. The maximum Gasteiger partial charge on any atom is 0.338 e. The standard InChI is InChI=1S/C20H28N2O5S/c1-15(19(23)21-17-7-4-2-3-5-8-17)27-20(24)16-9-11-18(12-10-16)22-13-6-14-28(22,25)26/h9-12,15,17H,2-8,13-14H2,1H3,(H,21,23). The van der Waals surface area contributed by atoms with E-state index < -0.39 is 22.1 Å². The van der Waals surface area contributed by atoms with Gasteiger partial charge in [-0.3, -0.25) is 9.10 Å². The molecule has 0 aromatic heterocycles. The van der Waals surface area contributed by atoms with Crippen molar-refractivity contribution in [2.45, 2.75) is 64.0 Å². The van der Waals surface area contributed by atoms with Gasteiger partial charge in [-0.1, -0.05) is 25.7 Å². The van der Waals surface area contributed by atoms with Crippen molar-refractivity contribution >= 4 is 27.6 Å². The van der Waals surface area contributed by atoms with Crippen molar-refractivity contribution in [1.82, 2.24) is 5.32 Å². The van der Waals surface area contributed by atoms with Gasteiger partial charge < -0.3 is 10.1 Å². The monoisotopic (exact) mass is 408 g/mol. The fraction of sp³-hybridized carbons (Fsp3) is 0.600. The first-order valence-corrected chi connectivity index (χ1v) is 11.6. The Balaban J connectivity index is 1.55. The van der Waals surface area contributed by atoms with E-state index in [1.165, 1.54) is 29.3 Å². The van der Waals surface area contributed by atoms with Gasteiger partial charge in [0.2, 0.25) is 10.0 Å². The first-order valence-electron chi connectivity index (χ1n) is 9.99. The number of rotatable bonds is 5. The number of ether oxygens (including phenoxy) is 1. The maximum absolute atomic E-state index is 12.3. The molecule has 1 unspecified atom stereocenters. The van der Waals surface area contributed by atoms with Gasteiger partial charge >= 0.3 is 5.97 Å². The Morgan fingerprint density at radius 3 is 2.29 bits per heavy atom. The summed E-state index contributed by atoms with van der Waals surface area (Å²) in [5.41, 5.74) is 0.822. The molecule has 1 atom stereocenters. The van der Waals surface area contributed by atoms with Crippen LogP contribution in [0.3, 0.4) is 0 Å². The molecule has 1 amide bonds. The minimum Gasteiger partial charge on any atom is -0.449 e. The van der Waals surface area contributed by atoms with Gasteiger partial charge in [-0.2, -0.15) is 0 Å². The number of hydrogen-bond donors (Lipinski definition) is 1. The second-order valence-corrected chi connectivity index (χ2v) is 9.55. The molecule has 1 aliphatic heterocycles. The Morgan fingerprint density at radius 2 is 1.71 bits per heavy atom. The highest BCUT2D eigenvalue weighted by Gasteiger charge is 2.28. The number of carbonyl (C=O) groups excluding carboxylic acids is 2. The summed E-state index contributed by atoms with van der Waals surface area (Å²) in [6.07, 6.45) is 6.27. The van der Waals surface area contributed by atoms with Crippen LogP contribution in [0.1, 0.15) is 62.2 Å². The number of amides is 1. The number of benzene rings is 1. The van der Waals surface area contributed by atoms with Gasteiger partial charge in [0.15, 0.2) is 6.10 Å². The summed E-state index contributed by atoms with van der Waals surface area (Å²) in [4.78, 5) is 24.7. The zero-order valence-electron chi connectivity index (χ0n) is 16.2. The predicted octanol–water partition coefficient (Wildman–Crippen LogP) is 2.61. The largest absolute Gasteiger partial charge is 0.449 e. The third kappa shape index (κ3) is 5.04. The van der Waals surface area contributed by atoms with Gasteiger partial charge in [0.25, 0.3) is 5.91 Å². The normalized spacial score (nSPS) is 21.0. The van der Waals surface area contributed by atoms with Crippen molar-refractivity contribution < 1.29 is 22.7 Å². The minimum atomic E-state index is -3.26. The summed E-state index contributed by atoms with van der Waals surface area (Å²) in [5, 5.41) is 2.98. The Kier molecular flexibility index (Phi) is 6.59. The van der Waals surface area contributed by atoms with Crippen LogP contribution in [0.4, 0.5) is 5.69 Å². The molecule has 1 aromatic carbocycles. The van der Waals surface area contributed by atoms with Gasteiger partial charge in [-0.05, 0) is 50.5 Å². The Labute approximate surface area is 166 Å². The molecule has 1 N–H and O–H groups in total. The number of sulfonamides is 1. The second-order valence-electron chi connectivity index (χ2n) is 7.53.